The van der Waals surface area contributed by atoms with Crippen LogP contribution in [0.1, 0.15) is 43.0 Å². The molecule has 0 aromatic heterocycles. The lowest BCUT2D eigenvalue weighted by atomic mass is 10.0. The van der Waals surface area contributed by atoms with E-state index in [1.807, 2.05) is 48.5 Å². The molecule has 0 saturated heterocycles. The van der Waals surface area contributed by atoms with Gasteiger partial charge in [-0.1, -0.05) is 55.1 Å². The molecule has 0 aliphatic heterocycles. The van der Waals surface area contributed by atoms with Gasteiger partial charge in [-0.05, 0) is 97.0 Å². The van der Waals surface area contributed by atoms with Crippen molar-refractivity contribution in [2.75, 3.05) is 26.4 Å². The number of ether oxygens (including phenoxy) is 6. The molecule has 0 spiro atoms. The maximum atomic E-state index is 12.7. The first-order valence-electron chi connectivity index (χ1n) is 16.4. The number of rotatable bonds is 18. The molecule has 1 unspecified atom stereocenters. The van der Waals surface area contributed by atoms with Crippen molar-refractivity contribution in [3.8, 4) is 39.5 Å². The molecule has 0 fully saturated rings. The van der Waals surface area contributed by atoms with Crippen molar-refractivity contribution < 1.29 is 52.7 Å². The van der Waals surface area contributed by atoms with Crippen LogP contribution in [0.15, 0.2) is 110 Å². The van der Waals surface area contributed by atoms with Gasteiger partial charge in [-0.3, -0.25) is 9.59 Å². The number of carbonyl (C=O) groups excluding carboxylic acids is 4. The average molecular weight is 697 g/mol. The number of aliphatic hydroxyl groups is 1. The van der Waals surface area contributed by atoms with Gasteiger partial charge in [0.05, 0.1) is 44.2 Å². The highest BCUT2D eigenvalue weighted by Crippen LogP contribution is 2.28. The summed E-state index contributed by atoms with van der Waals surface area (Å²) in [4.78, 5) is 47.5. The molecule has 0 bridgehead atoms. The van der Waals surface area contributed by atoms with E-state index in [0.717, 1.165) is 28.5 Å². The summed E-state index contributed by atoms with van der Waals surface area (Å²) in [6.45, 7) is 5.29. The van der Waals surface area contributed by atoms with Crippen LogP contribution in [-0.4, -0.2) is 55.6 Å². The van der Waals surface area contributed by atoms with E-state index in [1.165, 1.54) is 0 Å². The normalized spacial score (nSPS) is 11.1. The van der Waals surface area contributed by atoms with Crippen LogP contribution in [-0.2, 0) is 23.8 Å². The Kier molecular flexibility index (Phi) is 14.8. The van der Waals surface area contributed by atoms with Gasteiger partial charge in [-0.15, -0.1) is 0 Å². The number of carbonyl (C=O) groups is 4. The standard InChI is InChI=1S/C40H40O11/c1-3-46-37(42)7-6-26-47-34-18-16-33(17-19-34)39(44)50-35-20-12-31(13-21-35)29-8-10-30(11-9-29)32-14-22-36(23-15-32)51-40(45)49-25-5-4-24-48-38(43)28(2)27-41/h3,8-23,28,41H,1,4-7,24-27H2,2H3. The van der Waals surface area contributed by atoms with Crippen LogP contribution in [0.25, 0.3) is 22.3 Å². The van der Waals surface area contributed by atoms with E-state index in [-0.39, 0.29) is 32.2 Å². The molecule has 0 saturated carbocycles. The second-order valence-electron chi connectivity index (χ2n) is 11.3. The van der Waals surface area contributed by atoms with Crippen molar-refractivity contribution in [3.63, 3.8) is 0 Å². The first-order chi connectivity index (χ1) is 24.7. The lowest BCUT2D eigenvalue weighted by molar-refractivity contribution is -0.149. The minimum absolute atomic E-state index is 0.122. The smallest absolute Gasteiger partial charge is 0.494 e. The van der Waals surface area contributed by atoms with Crippen LogP contribution >= 0.6 is 0 Å². The zero-order chi connectivity index (χ0) is 36.4. The topological polar surface area (TPSA) is 144 Å². The van der Waals surface area contributed by atoms with Crippen LogP contribution in [0, 0.1) is 5.92 Å². The maximum Gasteiger partial charge on any atom is 0.513 e. The second-order valence-corrected chi connectivity index (χ2v) is 11.3. The Labute approximate surface area is 296 Å². The molecule has 11 heteroatoms. The summed E-state index contributed by atoms with van der Waals surface area (Å²) in [5.41, 5.74) is 4.19. The number of aliphatic hydroxyl groups excluding tert-OH is 1. The molecule has 0 amide bonds. The minimum atomic E-state index is -0.822. The SMILES string of the molecule is C=COC(=O)CCCOc1ccc(C(=O)Oc2ccc(-c3ccc(-c4ccc(OC(=O)OCCCCOC(=O)C(C)CO)cc4)cc3)cc2)cc1. The molecule has 11 nitrogen and oxygen atoms in total. The highest BCUT2D eigenvalue weighted by Gasteiger charge is 2.13. The Balaban J connectivity index is 1.19. The summed E-state index contributed by atoms with van der Waals surface area (Å²) < 4.78 is 31.2. The Morgan fingerprint density at radius 3 is 1.67 bits per heavy atom. The fourth-order valence-electron chi connectivity index (χ4n) is 4.57. The third-order valence-electron chi connectivity index (χ3n) is 7.45. The van der Waals surface area contributed by atoms with E-state index in [0.29, 0.717) is 48.7 Å². The lowest BCUT2D eigenvalue weighted by Crippen LogP contribution is -2.18. The Hall–Kier alpha value is -5.94. The summed E-state index contributed by atoms with van der Waals surface area (Å²) >= 11 is 0. The quantitative estimate of drug-likeness (QED) is 0.0275. The van der Waals surface area contributed by atoms with E-state index in [1.54, 1.807) is 55.5 Å². The molecule has 4 aromatic carbocycles. The van der Waals surface area contributed by atoms with E-state index in [4.69, 9.17) is 28.8 Å². The Morgan fingerprint density at radius 1 is 0.647 bits per heavy atom. The highest BCUT2D eigenvalue weighted by atomic mass is 16.7. The van der Waals surface area contributed by atoms with Crippen molar-refractivity contribution in [1.29, 1.82) is 0 Å². The Morgan fingerprint density at radius 2 is 1.14 bits per heavy atom. The predicted octanol–water partition coefficient (Wildman–Crippen LogP) is 7.55. The summed E-state index contributed by atoms with van der Waals surface area (Å²) in [6.07, 6.45) is 1.99. The van der Waals surface area contributed by atoms with Crippen molar-refractivity contribution in [2.45, 2.75) is 32.6 Å². The van der Waals surface area contributed by atoms with Crippen LogP contribution in [0.2, 0.25) is 0 Å². The van der Waals surface area contributed by atoms with E-state index in [9.17, 15) is 19.2 Å². The average Bonchev–Trinajstić information content (AvgIpc) is 3.15. The molecule has 0 aliphatic carbocycles. The summed E-state index contributed by atoms with van der Waals surface area (Å²) in [5, 5.41) is 8.94. The van der Waals surface area contributed by atoms with Gasteiger partial charge in [0, 0.05) is 6.42 Å². The number of hydrogen-bond donors (Lipinski definition) is 1. The lowest BCUT2D eigenvalue weighted by Gasteiger charge is -2.09. The summed E-state index contributed by atoms with van der Waals surface area (Å²) in [6, 6.07) is 28.8. The number of benzene rings is 4. The first kappa shape index (κ1) is 37.9. The summed E-state index contributed by atoms with van der Waals surface area (Å²) in [7, 11) is 0. The van der Waals surface area contributed by atoms with E-state index >= 15 is 0 Å². The zero-order valence-corrected chi connectivity index (χ0v) is 28.3. The van der Waals surface area contributed by atoms with Gasteiger partial charge in [0.25, 0.3) is 0 Å². The van der Waals surface area contributed by atoms with E-state index < -0.39 is 24.0 Å². The molecule has 1 atom stereocenters. The molecular weight excluding hydrogens is 656 g/mol. The van der Waals surface area contributed by atoms with Crippen molar-refractivity contribution in [1.82, 2.24) is 0 Å². The van der Waals surface area contributed by atoms with E-state index in [2.05, 4.69) is 11.3 Å². The molecule has 0 heterocycles. The van der Waals surface area contributed by atoms with Crippen molar-refractivity contribution in [3.05, 3.63) is 115 Å². The molecular formula is C40H40O11. The molecule has 266 valence electrons. The van der Waals surface area contributed by atoms with Gasteiger partial charge < -0.3 is 33.5 Å². The fraction of sp³-hybridized carbons (Fsp3) is 0.250. The minimum Gasteiger partial charge on any atom is -0.494 e. The molecule has 0 radical (unpaired) electrons. The second kappa shape index (κ2) is 19.9. The van der Waals surface area contributed by atoms with Crippen molar-refractivity contribution in [2.24, 2.45) is 5.92 Å². The first-order valence-corrected chi connectivity index (χ1v) is 16.4. The van der Waals surface area contributed by atoms with Gasteiger partial charge in [0.2, 0.25) is 0 Å². The van der Waals surface area contributed by atoms with Gasteiger partial charge in [0.1, 0.15) is 17.2 Å². The molecule has 51 heavy (non-hydrogen) atoms. The largest absolute Gasteiger partial charge is 0.513 e. The van der Waals surface area contributed by atoms with Crippen LogP contribution in [0.5, 0.6) is 17.2 Å². The number of unbranched alkanes of at least 4 members (excludes halogenated alkanes) is 1. The third kappa shape index (κ3) is 12.5. The van der Waals surface area contributed by atoms with Gasteiger partial charge in [0.15, 0.2) is 0 Å². The highest BCUT2D eigenvalue weighted by molar-refractivity contribution is 5.91. The van der Waals surface area contributed by atoms with Gasteiger partial charge in [-0.25, -0.2) is 9.59 Å². The molecule has 4 rings (SSSR count). The third-order valence-corrected chi connectivity index (χ3v) is 7.45. The van der Waals surface area contributed by atoms with Gasteiger partial charge in [-0.2, -0.15) is 0 Å². The zero-order valence-electron chi connectivity index (χ0n) is 28.3. The van der Waals surface area contributed by atoms with Crippen molar-refractivity contribution >= 4 is 24.1 Å². The van der Waals surface area contributed by atoms with Crippen LogP contribution in [0.4, 0.5) is 4.79 Å². The maximum absolute atomic E-state index is 12.7. The number of hydrogen-bond acceptors (Lipinski definition) is 11. The summed E-state index contributed by atoms with van der Waals surface area (Å²) in [5.74, 6) is -0.568. The van der Waals surface area contributed by atoms with Gasteiger partial charge >= 0.3 is 24.1 Å². The monoisotopic (exact) mass is 696 g/mol. The predicted molar refractivity (Wildman–Crippen MR) is 188 cm³/mol. The van der Waals surface area contributed by atoms with Crippen LogP contribution < -0.4 is 14.2 Å². The fourth-order valence-corrected chi connectivity index (χ4v) is 4.57. The molecule has 1 N–H and O–H groups in total. The molecule has 4 aromatic rings. The van der Waals surface area contributed by atoms with Crippen LogP contribution in [0.3, 0.4) is 0 Å². The Bertz CT molecular complexity index is 1730. The number of esters is 3. The molecule has 0 aliphatic rings.